The molecule has 3 fully saturated rings. The molecule has 3 heterocycles. The molecule has 3 aromatic rings. The van der Waals surface area contributed by atoms with Crippen molar-refractivity contribution in [2.45, 2.75) is 55.4 Å². The van der Waals surface area contributed by atoms with E-state index in [0.29, 0.717) is 12.0 Å². The van der Waals surface area contributed by atoms with Crippen LogP contribution in [0.5, 0.6) is 0 Å². The first-order chi connectivity index (χ1) is 16.6. The van der Waals surface area contributed by atoms with Crippen LogP contribution >= 0.6 is 0 Å². The van der Waals surface area contributed by atoms with Gasteiger partial charge in [-0.3, -0.25) is 0 Å². The van der Waals surface area contributed by atoms with Gasteiger partial charge < -0.3 is 19.8 Å². The van der Waals surface area contributed by atoms with Crippen molar-refractivity contribution >= 4 is 11.7 Å². The molecule has 1 aliphatic heterocycles. The van der Waals surface area contributed by atoms with Gasteiger partial charge in [-0.05, 0) is 49.8 Å². The molecule has 2 aromatic heterocycles. The van der Waals surface area contributed by atoms with Crippen molar-refractivity contribution in [1.29, 1.82) is 0 Å². The van der Waals surface area contributed by atoms with Gasteiger partial charge in [0.1, 0.15) is 5.69 Å². The number of aromatic carboxylic acids is 1. The molecule has 2 aliphatic carbocycles. The number of anilines is 1. The third-order valence-electron chi connectivity index (χ3n) is 7.67. The molecule has 3 aliphatic rings. The number of piperidine rings is 1. The number of pyridine rings is 1. The molecule has 0 unspecified atom stereocenters. The molecule has 8 nitrogen and oxygen atoms in total. The van der Waals surface area contributed by atoms with Gasteiger partial charge in [-0.2, -0.15) is 4.98 Å². The minimum atomic E-state index is -1.01. The van der Waals surface area contributed by atoms with E-state index in [-0.39, 0.29) is 17.0 Å². The van der Waals surface area contributed by atoms with Crippen molar-refractivity contribution in [2.24, 2.45) is 0 Å². The lowest BCUT2D eigenvalue weighted by molar-refractivity contribution is 0.0690. The number of rotatable bonds is 8. The van der Waals surface area contributed by atoms with Gasteiger partial charge >= 0.3 is 5.97 Å². The molecule has 2 N–H and O–H groups in total. The highest BCUT2D eigenvalue weighted by molar-refractivity contribution is 5.85. The van der Waals surface area contributed by atoms with Crippen molar-refractivity contribution < 1.29 is 14.4 Å². The SMILES string of the molecule is O=C(O)c1ccc(N2CCC(c3nc(C4(CN[C@H]5C[C@@H]5c5ccccc5)CC4)no3)CC2)cn1. The molecular formula is C26H29N5O3. The monoisotopic (exact) mass is 459 g/mol. The standard InChI is InChI=1S/C26H29N5O3/c32-24(33)21-7-6-19(15-27-21)31-12-8-18(9-13-31)23-29-25(30-34-23)26(10-11-26)16-28-22-14-20(22)17-4-2-1-3-5-17/h1-7,15,18,20,22,28H,8-14,16H2,(H,32,33)/t20-,22+/m1/s1. The Bertz CT molecular complexity index is 1150. The Kier molecular flexibility index (Phi) is 5.32. The number of hydrogen-bond acceptors (Lipinski definition) is 7. The van der Waals surface area contributed by atoms with E-state index >= 15 is 0 Å². The van der Waals surface area contributed by atoms with Gasteiger partial charge in [-0.25, -0.2) is 9.78 Å². The third kappa shape index (κ3) is 4.18. The summed E-state index contributed by atoms with van der Waals surface area (Å²) in [6.07, 6.45) is 6.91. The summed E-state index contributed by atoms with van der Waals surface area (Å²) in [6, 6.07) is 14.7. The second kappa shape index (κ2) is 8.51. The molecule has 34 heavy (non-hydrogen) atoms. The highest BCUT2D eigenvalue weighted by Gasteiger charge is 2.50. The van der Waals surface area contributed by atoms with Crippen LogP contribution in [0.4, 0.5) is 5.69 Å². The van der Waals surface area contributed by atoms with Crippen LogP contribution in [0.15, 0.2) is 53.2 Å². The zero-order valence-corrected chi connectivity index (χ0v) is 19.1. The van der Waals surface area contributed by atoms with Crippen LogP contribution in [0.3, 0.4) is 0 Å². The molecule has 8 heteroatoms. The fourth-order valence-electron chi connectivity index (χ4n) is 5.15. The number of nitrogens with one attached hydrogen (secondary N) is 1. The number of carboxylic acid groups (broad SMARTS) is 1. The van der Waals surface area contributed by atoms with Crippen molar-refractivity contribution in [1.82, 2.24) is 20.4 Å². The van der Waals surface area contributed by atoms with E-state index < -0.39 is 5.97 Å². The summed E-state index contributed by atoms with van der Waals surface area (Å²) in [5.41, 5.74) is 2.47. The third-order valence-corrected chi connectivity index (χ3v) is 7.67. The summed E-state index contributed by atoms with van der Waals surface area (Å²) in [5, 5.41) is 17.2. The molecule has 6 rings (SSSR count). The number of hydrogen-bond donors (Lipinski definition) is 2. The maximum absolute atomic E-state index is 11.0. The maximum Gasteiger partial charge on any atom is 0.354 e. The molecule has 0 spiro atoms. The Morgan fingerprint density at radius 2 is 1.94 bits per heavy atom. The fourth-order valence-corrected chi connectivity index (χ4v) is 5.15. The number of nitrogens with zero attached hydrogens (tertiary/aromatic N) is 4. The van der Waals surface area contributed by atoms with Crippen molar-refractivity contribution in [2.75, 3.05) is 24.5 Å². The van der Waals surface area contributed by atoms with Gasteiger partial charge in [0, 0.05) is 42.9 Å². The van der Waals surface area contributed by atoms with Crippen LogP contribution in [0.2, 0.25) is 0 Å². The lowest BCUT2D eigenvalue weighted by Crippen LogP contribution is -2.33. The summed E-state index contributed by atoms with van der Waals surface area (Å²) in [7, 11) is 0. The van der Waals surface area contributed by atoms with Crippen LogP contribution in [0.25, 0.3) is 0 Å². The lowest BCUT2D eigenvalue weighted by Gasteiger charge is -2.31. The average Bonchev–Trinajstić information content (AvgIpc) is 3.80. The zero-order valence-electron chi connectivity index (χ0n) is 19.1. The predicted octanol–water partition coefficient (Wildman–Crippen LogP) is 3.72. The molecule has 1 aromatic carbocycles. The molecule has 0 bridgehead atoms. The van der Waals surface area contributed by atoms with Crippen LogP contribution < -0.4 is 10.2 Å². The molecule has 2 atom stereocenters. The van der Waals surface area contributed by atoms with E-state index in [1.54, 1.807) is 12.3 Å². The molecule has 1 saturated heterocycles. The van der Waals surface area contributed by atoms with Gasteiger partial charge in [0.25, 0.3) is 0 Å². The molecule has 0 radical (unpaired) electrons. The summed E-state index contributed by atoms with van der Waals surface area (Å²) in [6.45, 7) is 2.62. The number of aromatic nitrogens is 3. The first kappa shape index (κ1) is 21.3. The van der Waals surface area contributed by atoms with E-state index in [4.69, 9.17) is 14.6 Å². The van der Waals surface area contributed by atoms with E-state index in [0.717, 1.165) is 62.7 Å². The van der Waals surface area contributed by atoms with E-state index in [2.05, 4.69) is 50.7 Å². The highest BCUT2D eigenvalue weighted by atomic mass is 16.5. The van der Waals surface area contributed by atoms with Gasteiger partial charge in [-0.15, -0.1) is 0 Å². The van der Waals surface area contributed by atoms with Gasteiger partial charge in [0.05, 0.1) is 11.9 Å². The summed E-state index contributed by atoms with van der Waals surface area (Å²) in [5.74, 6) is 1.50. The van der Waals surface area contributed by atoms with E-state index in [9.17, 15) is 4.79 Å². The normalized spacial score (nSPS) is 23.6. The second-order valence-corrected chi connectivity index (χ2v) is 9.94. The molecular weight excluding hydrogens is 430 g/mol. The van der Waals surface area contributed by atoms with E-state index in [1.807, 2.05) is 6.07 Å². The minimum Gasteiger partial charge on any atom is -0.477 e. The Labute approximate surface area is 198 Å². The number of carboxylic acids is 1. The maximum atomic E-state index is 11.0. The van der Waals surface area contributed by atoms with Gasteiger partial charge in [-0.1, -0.05) is 35.5 Å². The Hall–Kier alpha value is -3.26. The number of carbonyl (C=O) groups is 1. The van der Waals surface area contributed by atoms with Crippen LogP contribution in [-0.2, 0) is 5.41 Å². The van der Waals surface area contributed by atoms with E-state index in [1.165, 1.54) is 12.0 Å². The predicted molar refractivity (Wildman–Crippen MR) is 126 cm³/mol. The summed E-state index contributed by atoms with van der Waals surface area (Å²) < 4.78 is 5.74. The fraction of sp³-hybridized carbons (Fsp3) is 0.462. The van der Waals surface area contributed by atoms with Gasteiger partial charge in [0.15, 0.2) is 5.82 Å². The number of benzene rings is 1. The molecule has 0 amide bonds. The summed E-state index contributed by atoms with van der Waals surface area (Å²) in [4.78, 5) is 22.1. The zero-order chi connectivity index (χ0) is 23.1. The minimum absolute atomic E-state index is 0.0316. The van der Waals surface area contributed by atoms with Crippen molar-refractivity contribution in [3.63, 3.8) is 0 Å². The topological polar surface area (TPSA) is 104 Å². The quantitative estimate of drug-likeness (QED) is 0.525. The van der Waals surface area contributed by atoms with Crippen molar-refractivity contribution in [3.8, 4) is 0 Å². The van der Waals surface area contributed by atoms with Gasteiger partial charge in [0.2, 0.25) is 5.89 Å². The largest absolute Gasteiger partial charge is 0.477 e. The lowest BCUT2D eigenvalue weighted by atomic mass is 9.96. The van der Waals surface area contributed by atoms with Crippen molar-refractivity contribution in [3.05, 3.63) is 71.6 Å². The smallest absolute Gasteiger partial charge is 0.354 e. The van der Waals surface area contributed by atoms with Crippen LogP contribution in [-0.4, -0.2) is 51.9 Å². The summed E-state index contributed by atoms with van der Waals surface area (Å²) >= 11 is 0. The van der Waals surface area contributed by atoms with Crippen LogP contribution in [0.1, 0.15) is 71.7 Å². The Balaban J connectivity index is 1.03. The highest BCUT2D eigenvalue weighted by Crippen LogP contribution is 2.48. The first-order valence-corrected chi connectivity index (χ1v) is 12.2. The second-order valence-electron chi connectivity index (χ2n) is 9.94. The Morgan fingerprint density at radius 3 is 2.62 bits per heavy atom. The van der Waals surface area contributed by atoms with Crippen LogP contribution in [0, 0.1) is 0 Å². The molecule has 2 saturated carbocycles. The molecule has 176 valence electrons. The average molecular weight is 460 g/mol. The Morgan fingerprint density at radius 1 is 1.15 bits per heavy atom. The first-order valence-electron chi connectivity index (χ1n) is 12.2.